The van der Waals surface area contributed by atoms with Crippen molar-refractivity contribution in [2.75, 3.05) is 5.43 Å². The number of anilines is 1. The number of imide groups is 1. The lowest BCUT2D eigenvalue weighted by Gasteiger charge is -2.19. The summed E-state index contributed by atoms with van der Waals surface area (Å²) in [5.41, 5.74) is 3.05. The number of rotatable bonds is 2. The third-order valence-electron chi connectivity index (χ3n) is 3.74. The van der Waals surface area contributed by atoms with Gasteiger partial charge in [0, 0.05) is 5.02 Å². The Morgan fingerprint density at radius 3 is 1.90 bits per heavy atom. The zero-order valence-corrected chi connectivity index (χ0v) is 13.0. The first-order valence-electron chi connectivity index (χ1n) is 6.43. The number of carbonyl (C=O) groups excluding carboxylic acids is 2. The van der Waals surface area contributed by atoms with Crippen LogP contribution in [0.3, 0.4) is 0 Å². The maximum Gasteiger partial charge on any atom is 0.252 e. The van der Waals surface area contributed by atoms with E-state index in [0.29, 0.717) is 23.6 Å². The molecular weight excluding hydrogens is 335 g/mol. The fraction of sp³-hybridized carbons (Fsp3) is 0.286. The lowest BCUT2D eigenvalue weighted by molar-refractivity contribution is -0.138. The summed E-state index contributed by atoms with van der Waals surface area (Å²) >= 11 is 18.0. The van der Waals surface area contributed by atoms with Crippen LogP contribution in [0.15, 0.2) is 24.3 Å². The molecule has 3 rings (SSSR count). The van der Waals surface area contributed by atoms with E-state index in [1.54, 1.807) is 0 Å². The zero-order chi connectivity index (χ0) is 15.1. The first kappa shape index (κ1) is 14.7. The van der Waals surface area contributed by atoms with E-state index in [1.807, 2.05) is 12.2 Å². The van der Waals surface area contributed by atoms with Gasteiger partial charge in [-0.05, 0) is 25.0 Å². The molecule has 2 aliphatic rings. The number of carbonyl (C=O) groups is 2. The molecule has 2 amide bonds. The van der Waals surface area contributed by atoms with E-state index in [4.69, 9.17) is 34.8 Å². The van der Waals surface area contributed by atoms with Crippen molar-refractivity contribution in [1.82, 2.24) is 5.01 Å². The maximum atomic E-state index is 12.3. The van der Waals surface area contributed by atoms with Crippen LogP contribution in [0.25, 0.3) is 0 Å². The van der Waals surface area contributed by atoms with Crippen molar-refractivity contribution in [3.8, 4) is 0 Å². The fourth-order valence-corrected chi connectivity index (χ4v) is 3.57. The number of hydrogen-bond donors (Lipinski definition) is 1. The van der Waals surface area contributed by atoms with Crippen LogP contribution in [0, 0.1) is 11.8 Å². The molecule has 0 radical (unpaired) electrons. The molecule has 1 aromatic carbocycles. The zero-order valence-electron chi connectivity index (χ0n) is 10.8. The molecule has 1 aromatic rings. The summed E-state index contributed by atoms with van der Waals surface area (Å²) in [6.45, 7) is 0. The molecule has 7 heteroatoms. The number of amides is 2. The Bertz CT molecular complexity index is 611. The van der Waals surface area contributed by atoms with Gasteiger partial charge < -0.3 is 0 Å². The summed E-state index contributed by atoms with van der Waals surface area (Å²) in [6.07, 6.45) is 5.02. The summed E-state index contributed by atoms with van der Waals surface area (Å²) < 4.78 is 0. The monoisotopic (exact) mass is 344 g/mol. The molecule has 1 aliphatic heterocycles. The summed E-state index contributed by atoms with van der Waals surface area (Å²) in [5, 5.41) is 1.90. The van der Waals surface area contributed by atoms with Crippen molar-refractivity contribution in [2.24, 2.45) is 11.8 Å². The highest BCUT2D eigenvalue weighted by Crippen LogP contribution is 2.38. The molecular formula is C14H11Cl3N2O2. The summed E-state index contributed by atoms with van der Waals surface area (Å²) in [6, 6.07) is 2.99. The van der Waals surface area contributed by atoms with Gasteiger partial charge in [0.05, 0.1) is 27.6 Å². The van der Waals surface area contributed by atoms with Gasteiger partial charge in [-0.15, -0.1) is 0 Å². The van der Waals surface area contributed by atoms with Gasteiger partial charge in [-0.25, -0.2) is 0 Å². The summed E-state index contributed by atoms with van der Waals surface area (Å²) in [5.74, 6) is -1.12. The lowest BCUT2D eigenvalue weighted by atomic mass is 9.85. The van der Waals surface area contributed by atoms with E-state index in [1.165, 1.54) is 12.1 Å². The molecule has 0 spiro atoms. The molecule has 1 saturated heterocycles. The van der Waals surface area contributed by atoms with Crippen LogP contribution in [-0.4, -0.2) is 16.8 Å². The predicted molar refractivity (Wildman–Crippen MR) is 82.3 cm³/mol. The summed E-state index contributed by atoms with van der Waals surface area (Å²) in [4.78, 5) is 24.7. The smallest absolute Gasteiger partial charge is 0.252 e. The number of nitrogens with one attached hydrogen (secondary N) is 1. The van der Waals surface area contributed by atoms with Crippen molar-refractivity contribution < 1.29 is 9.59 Å². The second-order valence-electron chi connectivity index (χ2n) is 5.02. The van der Waals surface area contributed by atoms with Crippen LogP contribution in [0.5, 0.6) is 0 Å². The highest BCUT2D eigenvalue weighted by atomic mass is 35.5. The van der Waals surface area contributed by atoms with Crippen LogP contribution in [0.4, 0.5) is 5.69 Å². The molecule has 0 unspecified atom stereocenters. The number of halogens is 3. The van der Waals surface area contributed by atoms with Crippen LogP contribution >= 0.6 is 34.8 Å². The number of hydrogen-bond acceptors (Lipinski definition) is 3. The highest BCUT2D eigenvalue weighted by molar-refractivity contribution is 6.41. The maximum absolute atomic E-state index is 12.3. The molecule has 21 heavy (non-hydrogen) atoms. The quantitative estimate of drug-likeness (QED) is 0.653. The average Bonchev–Trinajstić information content (AvgIpc) is 2.67. The van der Waals surface area contributed by atoms with Crippen molar-refractivity contribution in [2.45, 2.75) is 12.8 Å². The molecule has 4 nitrogen and oxygen atoms in total. The van der Waals surface area contributed by atoms with Gasteiger partial charge in [-0.2, -0.15) is 5.01 Å². The molecule has 1 N–H and O–H groups in total. The van der Waals surface area contributed by atoms with Crippen molar-refractivity contribution in [3.63, 3.8) is 0 Å². The Morgan fingerprint density at radius 1 is 0.952 bits per heavy atom. The minimum absolute atomic E-state index is 0.251. The van der Waals surface area contributed by atoms with Gasteiger partial charge in [0.15, 0.2) is 0 Å². The van der Waals surface area contributed by atoms with Gasteiger partial charge in [-0.3, -0.25) is 15.0 Å². The van der Waals surface area contributed by atoms with Crippen molar-refractivity contribution in [3.05, 3.63) is 39.4 Å². The highest BCUT2D eigenvalue weighted by Gasteiger charge is 2.47. The largest absolute Gasteiger partial charge is 0.286 e. The third-order valence-corrected chi connectivity index (χ3v) is 4.55. The van der Waals surface area contributed by atoms with E-state index in [0.717, 1.165) is 5.01 Å². The minimum Gasteiger partial charge on any atom is -0.286 e. The van der Waals surface area contributed by atoms with Crippen LogP contribution in [0.1, 0.15) is 12.8 Å². The Morgan fingerprint density at radius 2 is 1.43 bits per heavy atom. The van der Waals surface area contributed by atoms with Gasteiger partial charge in [0.2, 0.25) is 0 Å². The Kier molecular flexibility index (Phi) is 3.86. The second-order valence-corrected chi connectivity index (χ2v) is 6.27. The minimum atomic E-state index is -0.306. The number of fused-ring (bicyclic) bond motifs is 1. The van der Waals surface area contributed by atoms with E-state index < -0.39 is 0 Å². The molecule has 2 atom stereocenters. The van der Waals surface area contributed by atoms with Gasteiger partial charge in [-0.1, -0.05) is 47.0 Å². The van der Waals surface area contributed by atoms with Gasteiger partial charge >= 0.3 is 0 Å². The normalized spacial score (nSPS) is 24.4. The van der Waals surface area contributed by atoms with Crippen molar-refractivity contribution >= 4 is 52.3 Å². The number of hydrazine groups is 1. The van der Waals surface area contributed by atoms with E-state index in [9.17, 15) is 9.59 Å². The molecule has 1 heterocycles. The van der Waals surface area contributed by atoms with Crippen LogP contribution in [-0.2, 0) is 9.59 Å². The number of allylic oxidation sites excluding steroid dienone is 2. The van der Waals surface area contributed by atoms with E-state index in [2.05, 4.69) is 5.43 Å². The third kappa shape index (κ3) is 2.52. The van der Waals surface area contributed by atoms with Crippen LogP contribution < -0.4 is 5.43 Å². The average molecular weight is 346 g/mol. The summed E-state index contributed by atoms with van der Waals surface area (Å²) in [7, 11) is 0. The van der Waals surface area contributed by atoms with E-state index >= 15 is 0 Å². The first-order valence-corrected chi connectivity index (χ1v) is 7.56. The number of nitrogens with zero attached hydrogens (tertiary/aromatic N) is 1. The molecule has 1 aliphatic carbocycles. The molecule has 0 bridgehead atoms. The fourth-order valence-electron chi connectivity index (χ4n) is 2.67. The predicted octanol–water partition coefficient (Wildman–Crippen LogP) is 3.92. The molecule has 0 aromatic heterocycles. The SMILES string of the molecule is O=C1[C@H]2CC=CC[C@@H]2C(=O)N1Nc1c(Cl)cc(Cl)cc1Cl. The molecule has 1 fully saturated rings. The first-order chi connectivity index (χ1) is 9.99. The Labute approximate surface area is 136 Å². The number of benzene rings is 1. The Hall–Kier alpha value is -1.23. The van der Waals surface area contributed by atoms with Gasteiger partial charge in [0.1, 0.15) is 0 Å². The van der Waals surface area contributed by atoms with E-state index in [-0.39, 0.29) is 33.7 Å². The topological polar surface area (TPSA) is 49.4 Å². The Balaban J connectivity index is 1.89. The lowest BCUT2D eigenvalue weighted by Crippen LogP contribution is -2.36. The van der Waals surface area contributed by atoms with Gasteiger partial charge in [0.25, 0.3) is 11.8 Å². The van der Waals surface area contributed by atoms with Crippen LogP contribution in [0.2, 0.25) is 15.1 Å². The van der Waals surface area contributed by atoms with Crippen molar-refractivity contribution in [1.29, 1.82) is 0 Å². The standard InChI is InChI=1S/C14H11Cl3N2O2/c15-7-5-10(16)12(11(17)6-7)18-19-13(20)8-3-1-2-4-9(8)14(19)21/h1-2,5-6,8-9,18H,3-4H2/t8-,9-/m0/s1. The molecule has 110 valence electrons. The second kappa shape index (κ2) is 5.52. The molecule has 0 saturated carbocycles.